The summed E-state index contributed by atoms with van der Waals surface area (Å²) in [6, 6.07) is 8.59. The first kappa shape index (κ1) is 7.56. The van der Waals surface area contributed by atoms with Crippen molar-refractivity contribution in [2.24, 2.45) is 0 Å². The van der Waals surface area contributed by atoms with E-state index in [1.54, 1.807) is 0 Å². The molecular formula is C12H11N2+. The van der Waals surface area contributed by atoms with Crippen LogP contribution < -0.4 is 4.98 Å². The van der Waals surface area contributed by atoms with Crippen molar-refractivity contribution < 1.29 is 4.98 Å². The molecule has 14 heavy (non-hydrogen) atoms. The van der Waals surface area contributed by atoms with E-state index in [1.807, 2.05) is 12.4 Å². The van der Waals surface area contributed by atoms with Crippen LogP contribution in [-0.2, 0) is 0 Å². The Morgan fingerprint density at radius 3 is 2.86 bits per heavy atom. The third kappa shape index (κ3) is 0.940. The first-order valence-corrected chi connectivity index (χ1v) is 4.73. The van der Waals surface area contributed by atoms with Gasteiger partial charge in [0.1, 0.15) is 5.52 Å². The number of aryl methyl sites for hydroxylation is 1. The molecule has 2 heteroatoms. The third-order valence-corrected chi connectivity index (χ3v) is 2.60. The van der Waals surface area contributed by atoms with Gasteiger partial charge < -0.3 is 4.98 Å². The predicted molar refractivity (Wildman–Crippen MR) is 57.1 cm³/mol. The number of hydrogen-bond donors (Lipinski definition) is 1. The molecule has 0 aliphatic heterocycles. The van der Waals surface area contributed by atoms with E-state index in [0.29, 0.717) is 0 Å². The van der Waals surface area contributed by atoms with Crippen molar-refractivity contribution in [3.63, 3.8) is 0 Å². The van der Waals surface area contributed by atoms with Crippen LogP contribution >= 0.6 is 0 Å². The minimum atomic E-state index is 1.16. The van der Waals surface area contributed by atoms with E-state index >= 15 is 0 Å². The third-order valence-electron chi connectivity index (χ3n) is 2.60. The molecule has 0 aliphatic rings. The summed E-state index contributed by atoms with van der Waals surface area (Å²) in [5, 5.41) is 2.57. The zero-order valence-electron chi connectivity index (χ0n) is 7.96. The van der Waals surface area contributed by atoms with Crippen LogP contribution in [0.15, 0.2) is 36.7 Å². The summed E-state index contributed by atoms with van der Waals surface area (Å²) in [5.41, 5.74) is 3.65. The Kier molecular flexibility index (Phi) is 1.39. The van der Waals surface area contributed by atoms with Gasteiger partial charge in [0, 0.05) is 22.4 Å². The van der Waals surface area contributed by atoms with Crippen LogP contribution in [0.5, 0.6) is 0 Å². The SMILES string of the molecule is Cc1ccc2c(c1)[nH]c1c[nH+]ccc12. The summed E-state index contributed by atoms with van der Waals surface area (Å²) >= 11 is 0. The molecule has 0 unspecified atom stereocenters. The van der Waals surface area contributed by atoms with Gasteiger partial charge in [0.05, 0.1) is 0 Å². The van der Waals surface area contributed by atoms with Gasteiger partial charge in [-0.1, -0.05) is 12.1 Å². The normalized spacial score (nSPS) is 11.2. The Morgan fingerprint density at radius 1 is 1.07 bits per heavy atom. The van der Waals surface area contributed by atoms with Crippen molar-refractivity contribution in [3.8, 4) is 0 Å². The molecule has 0 bridgehead atoms. The predicted octanol–water partition coefficient (Wildman–Crippen LogP) is 2.44. The fraction of sp³-hybridized carbons (Fsp3) is 0.0833. The highest BCUT2D eigenvalue weighted by Crippen LogP contribution is 2.24. The number of benzene rings is 1. The van der Waals surface area contributed by atoms with E-state index in [2.05, 4.69) is 41.2 Å². The number of aromatic amines is 2. The Labute approximate surface area is 81.6 Å². The Morgan fingerprint density at radius 2 is 1.93 bits per heavy atom. The zero-order chi connectivity index (χ0) is 9.54. The second-order valence-electron chi connectivity index (χ2n) is 3.65. The number of fused-ring (bicyclic) bond motifs is 3. The van der Waals surface area contributed by atoms with Gasteiger partial charge in [0.2, 0.25) is 0 Å². The second kappa shape index (κ2) is 2.58. The van der Waals surface area contributed by atoms with Crippen LogP contribution in [0.4, 0.5) is 0 Å². The maximum absolute atomic E-state index is 3.39. The highest BCUT2D eigenvalue weighted by molar-refractivity contribution is 6.06. The summed E-state index contributed by atoms with van der Waals surface area (Å²) in [7, 11) is 0. The molecule has 2 heterocycles. The van der Waals surface area contributed by atoms with E-state index in [0.717, 1.165) is 5.52 Å². The van der Waals surface area contributed by atoms with Crippen LogP contribution in [0, 0.1) is 6.92 Å². The van der Waals surface area contributed by atoms with Gasteiger partial charge in [-0.2, -0.15) is 0 Å². The van der Waals surface area contributed by atoms with Gasteiger partial charge in [-0.3, -0.25) is 0 Å². The van der Waals surface area contributed by atoms with Crippen molar-refractivity contribution in [1.82, 2.24) is 4.98 Å². The summed E-state index contributed by atoms with van der Waals surface area (Å²) in [6.07, 6.45) is 3.94. The van der Waals surface area contributed by atoms with Crippen LogP contribution in [-0.4, -0.2) is 4.98 Å². The molecule has 0 aliphatic carbocycles. The Bertz CT molecular complexity index is 608. The van der Waals surface area contributed by atoms with Crippen molar-refractivity contribution >= 4 is 21.8 Å². The van der Waals surface area contributed by atoms with Gasteiger partial charge >= 0.3 is 0 Å². The fourth-order valence-corrected chi connectivity index (χ4v) is 1.91. The van der Waals surface area contributed by atoms with Crippen LogP contribution in [0.2, 0.25) is 0 Å². The van der Waals surface area contributed by atoms with E-state index in [9.17, 15) is 0 Å². The lowest BCUT2D eigenvalue weighted by atomic mass is 10.1. The standard InChI is InChI=1S/C12H10N2/c1-8-2-3-9-10-4-5-13-7-12(10)14-11(9)6-8/h2-7,14H,1H3/p+1. The number of pyridine rings is 1. The molecule has 2 N–H and O–H groups in total. The number of aromatic nitrogens is 2. The molecule has 3 aromatic rings. The minimum absolute atomic E-state index is 1.16. The molecule has 0 radical (unpaired) electrons. The lowest BCUT2D eigenvalue weighted by Crippen LogP contribution is -1.96. The highest BCUT2D eigenvalue weighted by atomic mass is 14.7. The Balaban J connectivity index is 2.57. The molecule has 2 nitrogen and oxygen atoms in total. The van der Waals surface area contributed by atoms with Crippen LogP contribution in [0.25, 0.3) is 21.8 Å². The topological polar surface area (TPSA) is 29.9 Å². The van der Waals surface area contributed by atoms with Crippen LogP contribution in [0.1, 0.15) is 5.56 Å². The van der Waals surface area contributed by atoms with E-state index in [4.69, 9.17) is 0 Å². The number of nitrogens with one attached hydrogen (secondary N) is 2. The lowest BCUT2D eigenvalue weighted by Gasteiger charge is -1.91. The van der Waals surface area contributed by atoms with E-state index in [-0.39, 0.29) is 0 Å². The summed E-state index contributed by atoms with van der Waals surface area (Å²) in [5.74, 6) is 0. The van der Waals surface area contributed by atoms with Crippen LogP contribution in [0.3, 0.4) is 0 Å². The largest absolute Gasteiger partial charge is 0.350 e. The maximum Gasteiger partial charge on any atom is 0.191 e. The molecule has 0 amide bonds. The first-order chi connectivity index (χ1) is 6.84. The van der Waals surface area contributed by atoms with Crippen molar-refractivity contribution in [2.45, 2.75) is 6.92 Å². The molecule has 2 aromatic heterocycles. The minimum Gasteiger partial charge on any atom is -0.350 e. The fourth-order valence-electron chi connectivity index (χ4n) is 1.91. The molecule has 68 valence electrons. The highest BCUT2D eigenvalue weighted by Gasteiger charge is 2.04. The first-order valence-electron chi connectivity index (χ1n) is 4.73. The van der Waals surface area contributed by atoms with Gasteiger partial charge in [0.25, 0.3) is 0 Å². The molecule has 1 aromatic carbocycles. The van der Waals surface area contributed by atoms with Gasteiger partial charge in [-0.15, -0.1) is 0 Å². The van der Waals surface area contributed by atoms with Crippen molar-refractivity contribution in [1.29, 1.82) is 0 Å². The quantitative estimate of drug-likeness (QED) is 0.555. The average Bonchev–Trinajstić information content (AvgIpc) is 2.54. The van der Waals surface area contributed by atoms with Crippen molar-refractivity contribution in [3.05, 3.63) is 42.2 Å². The number of rotatable bonds is 0. The molecular weight excluding hydrogens is 172 g/mol. The Hall–Kier alpha value is -1.83. The molecule has 0 spiro atoms. The summed E-state index contributed by atoms with van der Waals surface area (Å²) in [6.45, 7) is 2.11. The van der Waals surface area contributed by atoms with E-state index < -0.39 is 0 Å². The summed E-state index contributed by atoms with van der Waals surface area (Å²) in [4.78, 5) is 6.47. The smallest absolute Gasteiger partial charge is 0.191 e. The van der Waals surface area contributed by atoms with Gasteiger partial charge in [-0.05, 0) is 18.6 Å². The monoisotopic (exact) mass is 183 g/mol. The van der Waals surface area contributed by atoms with E-state index in [1.165, 1.54) is 21.9 Å². The molecule has 0 atom stereocenters. The van der Waals surface area contributed by atoms with Crippen molar-refractivity contribution in [2.75, 3.05) is 0 Å². The molecule has 3 rings (SSSR count). The maximum atomic E-state index is 3.39. The molecule has 0 saturated carbocycles. The number of hydrogen-bond acceptors (Lipinski definition) is 0. The second-order valence-corrected chi connectivity index (χ2v) is 3.65. The average molecular weight is 183 g/mol. The lowest BCUT2D eigenvalue weighted by molar-refractivity contribution is -0.376. The van der Waals surface area contributed by atoms with Gasteiger partial charge in [0.15, 0.2) is 12.4 Å². The number of H-pyrrole nitrogens is 2. The summed E-state index contributed by atoms with van der Waals surface area (Å²) < 4.78 is 0. The van der Waals surface area contributed by atoms with Gasteiger partial charge in [-0.25, -0.2) is 4.98 Å². The molecule has 0 fully saturated rings. The zero-order valence-corrected chi connectivity index (χ0v) is 7.96. The molecule has 0 saturated heterocycles.